The second-order valence-corrected chi connectivity index (χ2v) is 8.14. The van der Waals surface area contributed by atoms with Crippen LogP contribution in [-0.2, 0) is 16.0 Å². The highest BCUT2D eigenvalue weighted by atomic mass is 16.5. The van der Waals surface area contributed by atoms with Gasteiger partial charge < -0.3 is 20.2 Å². The van der Waals surface area contributed by atoms with Crippen LogP contribution in [-0.4, -0.2) is 46.2 Å². The lowest BCUT2D eigenvalue weighted by atomic mass is 9.78. The summed E-state index contributed by atoms with van der Waals surface area (Å²) in [5, 5.41) is 14.9. The average Bonchev–Trinajstić information content (AvgIpc) is 3.01. The molecule has 0 spiro atoms. The first-order valence-corrected chi connectivity index (χ1v) is 9.46. The minimum atomic E-state index is -0.436. The van der Waals surface area contributed by atoms with Crippen molar-refractivity contribution in [2.75, 3.05) is 6.54 Å². The highest BCUT2D eigenvalue weighted by Crippen LogP contribution is 2.31. The number of carbonyl (C=O) groups is 2. The van der Waals surface area contributed by atoms with Gasteiger partial charge >= 0.3 is 0 Å². The van der Waals surface area contributed by atoms with E-state index < -0.39 is 5.92 Å². The Labute approximate surface area is 151 Å². The number of nitrogens with zero attached hydrogens (tertiary/aromatic N) is 1. The molecule has 2 unspecified atom stereocenters. The lowest BCUT2D eigenvalue weighted by molar-refractivity contribution is -0.873. The van der Waals surface area contributed by atoms with E-state index in [4.69, 9.17) is 0 Å². The summed E-state index contributed by atoms with van der Waals surface area (Å²) in [6.07, 6.45) is 7.75. The molecular weight excluding hydrogens is 330 g/mol. The van der Waals surface area contributed by atoms with E-state index in [0.29, 0.717) is 18.4 Å². The summed E-state index contributed by atoms with van der Waals surface area (Å²) in [5.74, 6) is -0.346. The summed E-state index contributed by atoms with van der Waals surface area (Å²) in [6, 6.07) is 0.187. The van der Waals surface area contributed by atoms with Gasteiger partial charge in [0, 0.05) is 52.8 Å². The molecule has 0 radical (unpaired) electrons. The topological polar surface area (TPSA) is 80.7 Å². The standard InChI is InChI=1S/C20H23N3O3/c1-10-5-11(2)23(10)20(25)13-6-14-16(22(26)9-13)7-12-8-21-15-3-4-17(24)19(14)18(12)15/h3,6,8,10-11,13,16,21-22H,4-5,7,9H2,1-2H3/t10-,11-,13?,16+/m0/s1. The Morgan fingerprint density at radius 2 is 2.12 bits per heavy atom. The van der Waals surface area contributed by atoms with Gasteiger partial charge in [0.15, 0.2) is 5.78 Å². The van der Waals surface area contributed by atoms with Gasteiger partial charge in [0.05, 0.1) is 6.54 Å². The Balaban J connectivity index is 1.62. The largest absolute Gasteiger partial charge is 0.634 e. The normalized spacial score (nSPS) is 35.1. The zero-order valence-corrected chi connectivity index (χ0v) is 15.0. The number of rotatable bonds is 1. The molecule has 6 nitrogen and oxygen atoms in total. The summed E-state index contributed by atoms with van der Waals surface area (Å²) < 4.78 is 0. The molecule has 4 aliphatic rings. The van der Waals surface area contributed by atoms with E-state index in [1.54, 1.807) is 0 Å². The molecule has 2 N–H and O–H groups in total. The van der Waals surface area contributed by atoms with Crippen molar-refractivity contribution in [2.24, 2.45) is 5.92 Å². The number of aromatic amines is 1. The smallest absolute Gasteiger partial charge is 0.235 e. The molecular formula is C20H23N3O3. The number of H-pyrrole nitrogens is 1. The third kappa shape index (κ3) is 2.06. The van der Waals surface area contributed by atoms with Gasteiger partial charge in [0.2, 0.25) is 5.91 Å². The highest BCUT2D eigenvalue weighted by Gasteiger charge is 2.44. The Hall–Kier alpha value is -2.18. The quantitative estimate of drug-likeness (QED) is 0.622. The van der Waals surface area contributed by atoms with Crippen molar-refractivity contribution in [1.29, 1.82) is 0 Å². The van der Waals surface area contributed by atoms with Crippen LogP contribution in [0.3, 0.4) is 0 Å². The number of hydrogen-bond donors (Lipinski definition) is 2. The molecule has 1 amide bonds. The third-order valence-electron chi connectivity index (χ3n) is 6.50. The van der Waals surface area contributed by atoms with Crippen molar-refractivity contribution >= 4 is 23.3 Å². The molecule has 1 saturated heterocycles. The maximum absolute atomic E-state index is 13.0. The van der Waals surface area contributed by atoms with Gasteiger partial charge in [-0.25, -0.2) is 0 Å². The minimum absolute atomic E-state index is 0.0334. The van der Waals surface area contributed by atoms with Gasteiger partial charge in [-0.05, 0) is 25.8 Å². The van der Waals surface area contributed by atoms with Gasteiger partial charge in [-0.1, -0.05) is 12.2 Å². The Kier molecular flexibility index (Phi) is 3.33. The fraction of sp³-hybridized carbons (Fsp3) is 0.500. The van der Waals surface area contributed by atoms with Crippen LogP contribution in [0.5, 0.6) is 0 Å². The van der Waals surface area contributed by atoms with Crippen LogP contribution in [0.1, 0.15) is 32.3 Å². The molecule has 0 bridgehead atoms. The summed E-state index contributed by atoms with van der Waals surface area (Å²) in [5.41, 5.74) is 2.52. The summed E-state index contributed by atoms with van der Waals surface area (Å²) in [7, 11) is 0. The summed E-state index contributed by atoms with van der Waals surface area (Å²) in [6.45, 7) is 4.35. The first-order chi connectivity index (χ1) is 12.5. The Bertz CT molecular complexity index is 965. The van der Waals surface area contributed by atoms with Gasteiger partial charge in [0.1, 0.15) is 12.0 Å². The van der Waals surface area contributed by atoms with Crippen molar-refractivity contribution in [3.8, 4) is 0 Å². The van der Waals surface area contributed by atoms with E-state index in [-0.39, 0.29) is 41.4 Å². The first-order valence-electron chi connectivity index (χ1n) is 9.46. The third-order valence-corrected chi connectivity index (χ3v) is 6.50. The van der Waals surface area contributed by atoms with Gasteiger partial charge in [0.25, 0.3) is 0 Å². The fourth-order valence-electron chi connectivity index (χ4n) is 5.27. The molecule has 0 saturated carbocycles. The van der Waals surface area contributed by atoms with Gasteiger partial charge in [-0.15, -0.1) is 0 Å². The van der Waals surface area contributed by atoms with E-state index in [1.165, 1.54) is 0 Å². The van der Waals surface area contributed by atoms with Crippen molar-refractivity contribution in [1.82, 2.24) is 9.88 Å². The molecule has 0 aromatic carbocycles. The van der Waals surface area contributed by atoms with Crippen LogP contribution in [0.15, 0.2) is 17.8 Å². The zero-order valence-electron chi connectivity index (χ0n) is 15.0. The number of ketones is 1. The van der Waals surface area contributed by atoms with Crippen molar-refractivity contribution < 1.29 is 14.7 Å². The fourth-order valence-corrected chi connectivity index (χ4v) is 5.27. The maximum Gasteiger partial charge on any atom is 0.235 e. The predicted molar refractivity (Wildman–Crippen MR) is 96.2 cm³/mol. The van der Waals surface area contributed by atoms with E-state index in [2.05, 4.69) is 4.98 Å². The lowest BCUT2D eigenvalue weighted by Crippen LogP contribution is -3.13. The van der Waals surface area contributed by atoms with Gasteiger partial charge in [-0.2, -0.15) is 0 Å². The molecule has 1 aromatic heterocycles. The molecule has 2 aliphatic carbocycles. The molecule has 1 aromatic rings. The number of likely N-dealkylation sites (tertiary alicyclic amines) is 1. The average molecular weight is 353 g/mol. The van der Waals surface area contributed by atoms with Crippen molar-refractivity contribution in [2.45, 2.75) is 51.2 Å². The van der Waals surface area contributed by atoms with E-state index >= 15 is 0 Å². The number of quaternary nitrogens is 1. The van der Waals surface area contributed by atoms with Crippen LogP contribution in [0.4, 0.5) is 0 Å². The summed E-state index contributed by atoms with van der Waals surface area (Å²) >= 11 is 0. The van der Waals surface area contributed by atoms with Crippen LogP contribution in [0.25, 0.3) is 11.6 Å². The second-order valence-electron chi connectivity index (χ2n) is 8.14. The predicted octanol–water partition coefficient (Wildman–Crippen LogP) is -1.21. The van der Waals surface area contributed by atoms with Gasteiger partial charge in [-0.3, -0.25) is 9.59 Å². The second kappa shape index (κ2) is 5.41. The summed E-state index contributed by atoms with van der Waals surface area (Å²) in [4.78, 5) is 30.8. The molecule has 26 heavy (non-hydrogen) atoms. The highest BCUT2D eigenvalue weighted by molar-refractivity contribution is 6.23. The first kappa shape index (κ1) is 16.0. The molecule has 6 heteroatoms. The Morgan fingerprint density at radius 3 is 2.85 bits per heavy atom. The molecule has 5 atom stereocenters. The number of amides is 1. The molecule has 1 fully saturated rings. The van der Waals surface area contributed by atoms with Crippen LogP contribution >= 0.6 is 0 Å². The van der Waals surface area contributed by atoms with Crippen molar-refractivity contribution in [3.63, 3.8) is 0 Å². The van der Waals surface area contributed by atoms with E-state index in [1.807, 2.05) is 37.1 Å². The monoisotopic (exact) mass is 353 g/mol. The number of carbonyl (C=O) groups excluding carboxylic acids is 2. The van der Waals surface area contributed by atoms with Crippen LogP contribution in [0, 0.1) is 11.1 Å². The molecule has 5 rings (SSSR count). The minimum Gasteiger partial charge on any atom is -0.634 e. The molecule has 136 valence electrons. The number of fused-ring (bicyclic) bond motifs is 2. The van der Waals surface area contributed by atoms with E-state index in [0.717, 1.165) is 28.1 Å². The number of Topliss-reactive ketones (excluding diaryl/α,β-unsaturated/α-hetero) is 1. The SMILES string of the molecule is C[C@H]1C[C@H](C)N1C(=O)C1C=C2C3=c4c(c[nH]c4=CCC3=O)C[C@H]2[NH+]([O-])C1. The number of hydrogen-bond acceptors (Lipinski definition) is 3. The molecule has 2 aliphatic heterocycles. The Morgan fingerprint density at radius 1 is 1.35 bits per heavy atom. The van der Waals surface area contributed by atoms with E-state index in [9.17, 15) is 14.8 Å². The van der Waals surface area contributed by atoms with Crippen molar-refractivity contribution in [3.05, 3.63) is 39.2 Å². The zero-order chi connectivity index (χ0) is 18.2. The van der Waals surface area contributed by atoms with Crippen LogP contribution in [0.2, 0.25) is 0 Å². The van der Waals surface area contributed by atoms with Crippen LogP contribution < -0.4 is 15.6 Å². The number of nitrogens with one attached hydrogen (secondary N) is 2. The number of aromatic nitrogens is 1. The maximum atomic E-state index is 13.0. The molecule has 3 heterocycles. The number of hydroxylamine groups is 2. The lowest BCUT2D eigenvalue weighted by Gasteiger charge is -2.48.